The van der Waals surface area contributed by atoms with Gasteiger partial charge in [0, 0.05) is 10.9 Å². The van der Waals surface area contributed by atoms with Crippen molar-refractivity contribution in [3.05, 3.63) is 41.1 Å². The molecule has 4 heteroatoms. The second-order valence-corrected chi connectivity index (χ2v) is 4.24. The number of fused-ring (bicyclic) bond motifs is 1. The van der Waals surface area contributed by atoms with Gasteiger partial charge in [-0.05, 0) is 23.6 Å². The molecule has 0 radical (unpaired) electrons. The van der Waals surface area contributed by atoms with Crippen LogP contribution >= 0.6 is 11.3 Å². The zero-order chi connectivity index (χ0) is 11.0. The van der Waals surface area contributed by atoms with Gasteiger partial charge in [-0.15, -0.1) is 0 Å². The number of nitrogens with zero attached hydrogens (tertiary/aromatic N) is 2. The van der Waals surface area contributed by atoms with Gasteiger partial charge in [0.2, 0.25) is 0 Å². The molecule has 2 N–H and O–H groups in total. The Morgan fingerprint density at radius 2 is 1.75 bits per heavy atom. The topological polar surface area (TPSA) is 51.8 Å². The van der Waals surface area contributed by atoms with Crippen LogP contribution in [0.3, 0.4) is 0 Å². The van der Waals surface area contributed by atoms with Crippen LogP contribution in [-0.4, -0.2) is 9.97 Å². The molecular weight excluding hydrogens is 218 g/mol. The first-order chi connectivity index (χ1) is 7.84. The SMILES string of the molecule is Nc1nc2ccccc2nc1-c1ccsc1. The molecule has 0 aliphatic carbocycles. The normalized spacial score (nSPS) is 10.8. The molecule has 0 fully saturated rings. The molecule has 78 valence electrons. The maximum atomic E-state index is 5.91. The van der Waals surface area contributed by atoms with E-state index in [0.717, 1.165) is 22.3 Å². The largest absolute Gasteiger partial charge is 0.382 e. The van der Waals surface area contributed by atoms with Crippen molar-refractivity contribution in [2.75, 3.05) is 5.73 Å². The van der Waals surface area contributed by atoms with Gasteiger partial charge >= 0.3 is 0 Å². The number of nitrogens with two attached hydrogens (primary N) is 1. The van der Waals surface area contributed by atoms with Crippen molar-refractivity contribution in [1.29, 1.82) is 0 Å². The lowest BCUT2D eigenvalue weighted by Crippen LogP contribution is -1.97. The number of aromatic nitrogens is 2. The molecule has 3 aromatic rings. The molecular formula is C12H9N3S. The first-order valence-electron chi connectivity index (χ1n) is 4.89. The van der Waals surface area contributed by atoms with Gasteiger partial charge in [-0.25, -0.2) is 9.97 Å². The molecule has 0 atom stereocenters. The Hall–Kier alpha value is -1.94. The number of hydrogen-bond acceptors (Lipinski definition) is 4. The first kappa shape index (κ1) is 9.30. The highest BCUT2D eigenvalue weighted by molar-refractivity contribution is 7.08. The molecule has 16 heavy (non-hydrogen) atoms. The first-order valence-corrected chi connectivity index (χ1v) is 5.84. The fraction of sp³-hybridized carbons (Fsp3) is 0. The number of nitrogen functional groups attached to an aromatic ring is 1. The quantitative estimate of drug-likeness (QED) is 0.695. The predicted octanol–water partition coefficient (Wildman–Crippen LogP) is 2.94. The summed E-state index contributed by atoms with van der Waals surface area (Å²) in [6.45, 7) is 0. The van der Waals surface area contributed by atoms with Gasteiger partial charge < -0.3 is 5.73 Å². The van der Waals surface area contributed by atoms with Crippen LogP contribution in [0.15, 0.2) is 41.1 Å². The summed E-state index contributed by atoms with van der Waals surface area (Å²) in [5.74, 6) is 0.483. The van der Waals surface area contributed by atoms with Crippen molar-refractivity contribution in [1.82, 2.24) is 9.97 Å². The van der Waals surface area contributed by atoms with Crippen LogP contribution in [0.4, 0.5) is 5.82 Å². The second kappa shape index (κ2) is 3.57. The van der Waals surface area contributed by atoms with Gasteiger partial charge in [0.15, 0.2) is 5.82 Å². The van der Waals surface area contributed by atoms with Crippen molar-refractivity contribution in [3.63, 3.8) is 0 Å². The van der Waals surface area contributed by atoms with Crippen LogP contribution in [0.1, 0.15) is 0 Å². The molecule has 0 aliphatic rings. The molecule has 0 unspecified atom stereocenters. The summed E-state index contributed by atoms with van der Waals surface area (Å²) in [6, 6.07) is 9.73. The van der Waals surface area contributed by atoms with Crippen LogP contribution in [-0.2, 0) is 0 Å². The predicted molar refractivity (Wildman–Crippen MR) is 67.3 cm³/mol. The number of thiophene rings is 1. The Kier molecular flexibility index (Phi) is 2.08. The number of para-hydroxylation sites is 2. The molecule has 2 aromatic heterocycles. The van der Waals surface area contributed by atoms with Gasteiger partial charge in [0.1, 0.15) is 5.69 Å². The highest BCUT2D eigenvalue weighted by Gasteiger charge is 2.07. The molecule has 2 heterocycles. The van der Waals surface area contributed by atoms with Gasteiger partial charge in [-0.1, -0.05) is 12.1 Å². The minimum Gasteiger partial charge on any atom is -0.382 e. The maximum Gasteiger partial charge on any atom is 0.150 e. The monoisotopic (exact) mass is 227 g/mol. The Labute approximate surface area is 96.6 Å². The Morgan fingerprint density at radius 3 is 2.44 bits per heavy atom. The molecule has 0 amide bonds. The van der Waals surface area contributed by atoms with Crippen LogP contribution in [0.25, 0.3) is 22.3 Å². The molecule has 3 rings (SSSR count). The Bertz CT molecular complexity index is 632. The Morgan fingerprint density at radius 1 is 1.00 bits per heavy atom. The zero-order valence-corrected chi connectivity index (χ0v) is 9.24. The van der Waals surface area contributed by atoms with Crippen LogP contribution in [0, 0.1) is 0 Å². The lowest BCUT2D eigenvalue weighted by Gasteiger charge is -2.04. The summed E-state index contributed by atoms with van der Waals surface area (Å²) >= 11 is 1.63. The average Bonchev–Trinajstić information content (AvgIpc) is 2.81. The van der Waals surface area contributed by atoms with E-state index >= 15 is 0 Å². The standard InChI is InChI=1S/C12H9N3S/c13-12-11(8-5-6-16-7-8)14-9-3-1-2-4-10(9)15-12/h1-7H,(H2,13,15). The number of anilines is 1. The molecule has 1 aromatic carbocycles. The van der Waals surface area contributed by atoms with E-state index in [1.807, 2.05) is 41.1 Å². The second-order valence-electron chi connectivity index (χ2n) is 3.46. The number of benzene rings is 1. The molecule has 0 saturated heterocycles. The minimum atomic E-state index is 0.483. The van der Waals surface area contributed by atoms with Gasteiger partial charge in [-0.3, -0.25) is 0 Å². The summed E-state index contributed by atoms with van der Waals surface area (Å²) in [7, 11) is 0. The van der Waals surface area contributed by atoms with E-state index < -0.39 is 0 Å². The van der Waals surface area contributed by atoms with Crippen molar-refractivity contribution in [2.24, 2.45) is 0 Å². The smallest absolute Gasteiger partial charge is 0.150 e. The van der Waals surface area contributed by atoms with Crippen molar-refractivity contribution >= 4 is 28.2 Å². The van der Waals surface area contributed by atoms with Crippen LogP contribution in [0.2, 0.25) is 0 Å². The Balaban J connectivity index is 2.30. The molecule has 3 nitrogen and oxygen atoms in total. The van der Waals surface area contributed by atoms with Gasteiger partial charge in [0.25, 0.3) is 0 Å². The third kappa shape index (κ3) is 1.44. The summed E-state index contributed by atoms with van der Waals surface area (Å²) in [5.41, 5.74) is 9.41. The van der Waals surface area contributed by atoms with E-state index in [2.05, 4.69) is 9.97 Å². The summed E-state index contributed by atoms with van der Waals surface area (Å²) in [4.78, 5) is 8.89. The van der Waals surface area contributed by atoms with E-state index in [1.165, 1.54) is 0 Å². The lowest BCUT2D eigenvalue weighted by atomic mass is 10.2. The van der Waals surface area contributed by atoms with Crippen LogP contribution in [0.5, 0.6) is 0 Å². The van der Waals surface area contributed by atoms with Gasteiger partial charge in [0.05, 0.1) is 11.0 Å². The van der Waals surface area contributed by atoms with E-state index in [-0.39, 0.29) is 0 Å². The van der Waals surface area contributed by atoms with Crippen molar-refractivity contribution < 1.29 is 0 Å². The van der Waals surface area contributed by atoms with Crippen molar-refractivity contribution in [2.45, 2.75) is 0 Å². The van der Waals surface area contributed by atoms with E-state index in [4.69, 9.17) is 5.73 Å². The number of hydrogen-bond donors (Lipinski definition) is 1. The molecule has 0 spiro atoms. The maximum absolute atomic E-state index is 5.91. The third-order valence-electron chi connectivity index (χ3n) is 2.39. The van der Waals surface area contributed by atoms with Crippen molar-refractivity contribution in [3.8, 4) is 11.3 Å². The number of rotatable bonds is 1. The summed E-state index contributed by atoms with van der Waals surface area (Å²) < 4.78 is 0. The van der Waals surface area contributed by atoms with E-state index in [1.54, 1.807) is 11.3 Å². The molecule has 0 saturated carbocycles. The van der Waals surface area contributed by atoms with E-state index in [0.29, 0.717) is 5.82 Å². The van der Waals surface area contributed by atoms with Gasteiger partial charge in [-0.2, -0.15) is 11.3 Å². The molecule has 0 aliphatic heterocycles. The fourth-order valence-corrected chi connectivity index (χ4v) is 2.27. The minimum absolute atomic E-state index is 0.483. The average molecular weight is 227 g/mol. The highest BCUT2D eigenvalue weighted by atomic mass is 32.1. The fourth-order valence-electron chi connectivity index (χ4n) is 1.63. The summed E-state index contributed by atoms with van der Waals surface area (Å²) in [5, 5.41) is 4.03. The third-order valence-corrected chi connectivity index (χ3v) is 3.08. The lowest BCUT2D eigenvalue weighted by molar-refractivity contribution is 1.30. The summed E-state index contributed by atoms with van der Waals surface area (Å²) in [6.07, 6.45) is 0. The van der Waals surface area contributed by atoms with E-state index in [9.17, 15) is 0 Å². The molecule has 0 bridgehead atoms. The highest BCUT2D eigenvalue weighted by Crippen LogP contribution is 2.26. The zero-order valence-electron chi connectivity index (χ0n) is 8.42. The van der Waals surface area contributed by atoms with Crippen LogP contribution < -0.4 is 5.73 Å².